The highest BCUT2D eigenvalue weighted by Gasteiger charge is 2.02. The largest absolute Gasteiger partial charge is 0.316 e. The van der Waals surface area contributed by atoms with Crippen LogP contribution in [0.25, 0.3) is 11.3 Å². The minimum Gasteiger partial charge on any atom is -0.316 e. The Balaban J connectivity index is 2.67. The molecular formula is C6H7BN4S. The first-order chi connectivity index (χ1) is 5.79. The zero-order valence-electron chi connectivity index (χ0n) is 6.83. The molecule has 6 heteroatoms. The van der Waals surface area contributed by atoms with Gasteiger partial charge >= 0.3 is 0 Å². The topological polar surface area (TPSA) is 54.5 Å². The van der Waals surface area contributed by atoms with E-state index in [0.29, 0.717) is 5.65 Å². The minimum absolute atomic E-state index is 0.685. The van der Waals surface area contributed by atoms with E-state index >= 15 is 0 Å². The van der Waals surface area contributed by atoms with Crippen LogP contribution in [0.4, 0.5) is 0 Å². The van der Waals surface area contributed by atoms with Crippen LogP contribution in [0, 0.1) is 0 Å². The number of imidazole rings is 1. The Bertz CT molecular complexity index is 413. The van der Waals surface area contributed by atoms with Crippen LogP contribution in [-0.4, -0.2) is 34.0 Å². The molecule has 0 aliphatic carbocycles. The molecule has 0 bridgehead atoms. The molecule has 60 valence electrons. The molecule has 1 N–H and O–H groups in total. The number of aromatic nitrogens is 4. The Labute approximate surface area is 74.6 Å². The molecule has 4 nitrogen and oxygen atoms in total. The van der Waals surface area contributed by atoms with Gasteiger partial charge in [-0.2, -0.15) is 0 Å². The van der Waals surface area contributed by atoms with Crippen LogP contribution in [-0.2, 0) is 0 Å². The van der Waals surface area contributed by atoms with Gasteiger partial charge in [-0.1, -0.05) is 11.8 Å². The third kappa shape index (κ3) is 1.18. The van der Waals surface area contributed by atoms with E-state index in [-0.39, 0.29) is 0 Å². The van der Waals surface area contributed by atoms with Gasteiger partial charge in [0.1, 0.15) is 0 Å². The summed E-state index contributed by atoms with van der Waals surface area (Å²) >= 11 is 1.55. The van der Waals surface area contributed by atoms with Crippen molar-refractivity contribution in [3.63, 3.8) is 0 Å². The molecule has 0 spiro atoms. The maximum Gasteiger partial charge on any atom is 0.198 e. The molecule has 0 atom stereocenters. The third-order valence-electron chi connectivity index (χ3n) is 1.50. The maximum atomic E-state index is 4.25. The van der Waals surface area contributed by atoms with E-state index in [1.807, 2.05) is 14.1 Å². The van der Waals surface area contributed by atoms with Crippen LogP contribution in [0.5, 0.6) is 0 Å². The summed E-state index contributed by atoms with van der Waals surface area (Å²) in [6.45, 7) is 0. The van der Waals surface area contributed by atoms with E-state index in [1.54, 1.807) is 18.0 Å². The summed E-state index contributed by atoms with van der Waals surface area (Å²) in [5.41, 5.74) is 2.35. The summed E-state index contributed by atoms with van der Waals surface area (Å²) in [6.07, 6.45) is 3.68. The molecule has 0 saturated heterocycles. The molecule has 0 aromatic carbocycles. The van der Waals surface area contributed by atoms with E-state index in [9.17, 15) is 0 Å². The average Bonchev–Trinajstić information content (AvgIpc) is 2.46. The van der Waals surface area contributed by atoms with Gasteiger partial charge in [0.2, 0.25) is 0 Å². The van der Waals surface area contributed by atoms with Crippen molar-refractivity contribution in [2.75, 3.05) is 6.26 Å². The second kappa shape index (κ2) is 2.78. The Morgan fingerprint density at radius 2 is 2.33 bits per heavy atom. The van der Waals surface area contributed by atoms with Crippen LogP contribution >= 0.6 is 11.8 Å². The molecular weight excluding hydrogens is 171 g/mol. The lowest BCUT2D eigenvalue weighted by Crippen LogP contribution is -2.08. The fourth-order valence-corrected chi connectivity index (χ4v) is 1.34. The van der Waals surface area contributed by atoms with Crippen molar-refractivity contribution >= 4 is 36.5 Å². The number of rotatable bonds is 1. The summed E-state index contributed by atoms with van der Waals surface area (Å²) in [7, 11) is 1.91. The van der Waals surface area contributed by atoms with E-state index in [2.05, 4.69) is 19.9 Å². The summed E-state index contributed by atoms with van der Waals surface area (Å²) < 4.78 is 0. The highest BCUT2D eigenvalue weighted by atomic mass is 32.2. The smallest absolute Gasteiger partial charge is 0.198 e. The molecule has 12 heavy (non-hydrogen) atoms. The molecule has 0 amide bonds. The molecule has 0 aliphatic heterocycles. The molecule has 2 aromatic rings. The van der Waals surface area contributed by atoms with Crippen molar-refractivity contribution in [1.82, 2.24) is 19.9 Å². The SMILES string of the molecule is Bc1cnc2nc(SC)[nH]c2n1. The van der Waals surface area contributed by atoms with Gasteiger partial charge in [-0.15, -0.1) is 0 Å². The van der Waals surface area contributed by atoms with Gasteiger partial charge in [0, 0.05) is 11.8 Å². The number of nitrogens with zero attached hydrogens (tertiary/aromatic N) is 3. The maximum absolute atomic E-state index is 4.25. The number of fused-ring (bicyclic) bond motifs is 1. The van der Waals surface area contributed by atoms with Gasteiger partial charge in [0.15, 0.2) is 24.3 Å². The van der Waals surface area contributed by atoms with E-state index < -0.39 is 0 Å². The van der Waals surface area contributed by atoms with Gasteiger partial charge in [0.05, 0.1) is 0 Å². The molecule has 2 aromatic heterocycles. The van der Waals surface area contributed by atoms with Gasteiger partial charge < -0.3 is 4.98 Å². The Morgan fingerprint density at radius 1 is 1.50 bits per heavy atom. The van der Waals surface area contributed by atoms with E-state index in [0.717, 1.165) is 16.4 Å². The van der Waals surface area contributed by atoms with Crippen LogP contribution < -0.4 is 5.59 Å². The van der Waals surface area contributed by atoms with Gasteiger partial charge in [-0.3, -0.25) is 0 Å². The standard InChI is InChI=1S/C6H7BN4S/c1-12-6-10-4-5(11-6)9-3(7)2-8-4/h2H,7H2,1H3,(H,8,9,10,11). The number of aromatic amines is 1. The first-order valence-corrected chi connectivity index (χ1v) is 4.75. The molecule has 0 aliphatic rings. The summed E-state index contributed by atoms with van der Waals surface area (Å²) in [6, 6.07) is 0. The fourth-order valence-electron chi connectivity index (χ4n) is 0.959. The number of nitrogens with one attached hydrogen (secondary N) is 1. The number of thioether (sulfide) groups is 1. The highest BCUT2D eigenvalue weighted by Crippen LogP contribution is 2.12. The predicted molar refractivity (Wildman–Crippen MR) is 51.6 cm³/mol. The molecule has 0 saturated carbocycles. The first-order valence-electron chi connectivity index (χ1n) is 3.53. The van der Waals surface area contributed by atoms with Crippen molar-refractivity contribution in [3.05, 3.63) is 6.20 Å². The van der Waals surface area contributed by atoms with Crippen LogP contribution in [0.15, 0.2) is 11.4 Å². The zero-order valence-corrected chi connectivity index (χ0v) is 7.64. The molecule has 2 heterocycles. The van der Waals surface area contributed by atoms with Crippen molar-refractivity contribution < 1.29 is 0 Å². The molecule has 0 unspecified atom stereocenters. The Hall–Kier alpha value is -1.04. The zero-order chi connectivity index (χ0) is 8.55. The van der Waals surface area contributed by atoms with Crippen LogP contribution in [0.2, 0.25) is 0 Å². The Kier molecular flexibility index (Phi) is 1.76. The second-order valence-corrected chi connectivity index (χ2v) is 3.22. The van der Waals surface area contributed by atoms with Crippen molar-refractivity contribution in [1.29, 1.82) is 0 Å². The van der Waals surface area contributed by atoms with Crippen LogP contribution in [0.1, 0.15) is 0 Å². The first kappa shape index (κ1) is 7.61. The number of H-pyrrole nitrogens is 1. The lowest BCUT2D eigenvalue weighted by molar-refractivity contribution is 1.07. The van der Waals surface area contributed by atoms with Gasteiger partial charge in [0.25, 0.3) is 0 Å². The van der Waals surface area contributed by atoms with E-state index in [4.69, 9.17) is 0 Å². The van der Waals surface area contributed by atoms with Crippen LogP contribution in [0.3, 0.4) is 0 Å². The Morgan fingerprint density at radius 3 is 3.08 bits per heavy atom. The minimum atomic E-state index is 0.685. The molecule has 2 rings (SSSR count). The number of hydrogen-bond donors (Lipinski definition) is 1. The summed E-state index contributed by atoms with van der Waals surface area (Å²) in [5.74, 6) is 0. The van der Waals surface area contributed by atoms with E-state index in [1.165, 1.54) is 0 Å². The lowest BCUT2D eigenvalue weighted by Gasteiger charge is -1.87. The fraction of sp³-hybridized carbons (Fsp3) is 0.167. The molecule has 0 radical (unpaired) electrons. The quantitative estimate of drug-likeness (QED) is 0.465. The monoisotopic (exact) mass is 178 g/mol. The number of hydrogen-bond acceptors (Lipinski definition) is 4. The van der Waals surface area contributed by atoms with Crippen molar-refractivity contribution in [2.45, 2.75) is 5.16 Å². The normalized spacial score (nSPS) is 10.8. The predicted octanol–water partition coefficient (Wildman–Crippen LogP) is -0.667. The molecule has 0 fully saturated rings. The average molecular weight is 178 g/mol. The third-order valence-corrected chi connectivity index (χ3v) is 2.08. The van der Waals surface area contributed by atoms with Gasteiger partial charge in [-0.05, 0) is 6.26 Å². The second-order valence-electron chi connectivity index (χ2n) is 2.43. The lowest BCUT2D eigenvalue weighted by atomic mass is 10.1. The van der Waals surface area contributed by atoms with Crippen molar-refractivity contribution in [3.8, 4) is 0 Å². The summed E-state index contributed by atoms with van der Waals surface area (Å²) in [5, 5.41) is 0.857. The highest BCUT2D eigenvalue weighted by molar-refractivity contribution is 7.98. The van der Waals surface area contributed by atoms with Gasteiger partial charge in [-0.25, -0.2) is 15.0 Å². The summed E-state index contributed by atoms with van der Waals surface area (Å²) in [4.78, 5) is 15.7. The van der Waals surface area contributed by atoms with Crippen molar-refractivity contribution in [2.24, 2.45) is 0 Å².